The number of hydrogen-bond donors (Lipinski definition) is 2. The predicted octanol–water partition coefficient (Wildman–Crippen LogP) is 8.35. The number of carbonyl (C=O) groups is 2. The molecule has 3 aromatic carbocycles. The van der Waals surface area contributed by atoms with Crippen LogP contribution in [0.1, 0.15) is 37.0 Å². The number of thiophene rings is 1. The van der Waals surface area contributed by atoms with Crippen LogP contribution in [0.3, 0.4) is 0 Å². The first-order valence-corrected chi connectivity index (χ1v) is 14.9. The van der Waals surface area contributed by atoms with E-state index in [1.54, 1.807) is 49.5 Å². The Hall–Kier alpha value is -4.67. The van der Waals surface area contributed by atoms with Gasteiger partial charge in [0.1, 0.15) is 22.6 Å². The van der Waals surface area contributed by atoms with Crippen molar-refractivity contribution in [1.82, 2.24) is 4.98 Å². The van der Waals surface area contributed by atoms with Crippen LogP contribution < -0.4 is 5.32 Å². The van der Waals surface area contributed by atoms with Crippen LogP contribution in [0.25, 0.3) is 31.8 Å². The second-order valence-electron chi connectivity index (χ2n) is 10.6. The van der Waals surface area contributed by atoms with Crippen molar-refractivity contribution in [3.8, 4) is 21.6 Å². The molecule has 1 aliphatic rings. The maximum atomic E-state index is 15.8. The second-order valence-corrected chi connectivity index (χ2v) is 11.6. The highest BCUT2D eigenvalue weighted by molar-refractivity contribution is 7.22. The Morgan fingerprint density at radius 2 is 1.66 bits per heavy atom. The molecule has 0 spiro atoms. The van der Waals surface area contributed by atoms with E-state index in [4.69, 9.17) is 9.47 Å². The summed E-state index contributed by atoms with van der Waals surface area (Å²) in [4.78, 5) is 30.3. The number of halogens is 2. The predicted molar refractivity (Wildman–Crippen MR) is 165 cm³/mol. The van der Waals surface area contributed by atoms with Crippen LogP contribution >= 0.6 is 11.3 Å². The molecule has 0 unspecified atom stereocenters. The SMILES string of the molecule is C[C@@H](OC(=O)Nc1c(-c2cc(F)c(-c3ccc(C4(C(=O)O)CCOCC4)cc3)cc2F)sc2ncccc12)c1ccccc1. The van der Waals surface area contributed by atoms with Crippen molar-refractivity contribution < 1.29 is 33.0 Å². The number of carbonyl (C=O) groups excluding carboxylic acids is 1. The average Bonchev–Trinajstić information content (AvgIpc) is 3.40. The topological polar surface area (TPSA) is 97.8 Å². The van der Waals surface area contributed by atoms with Crippen molar-refractivity contribution in [3.63, 3.8) is 0 Å². The molecule has 224 valence electrons. The van der Waals surface area contributed by atoms with E-state index in [1.807, 2.05) is 30.3 Å². The Kier molecular flexibility index (Phi) is 8.11. The number of carboxylic acids is 1. The van der Waals surface area contributed by atoms with Gasteiger partial charge < -0.3 is 14.6 Å². The van der Waals surface area contributed by atoms with Crippen LogP contribution in [0.15, 0.2) is 85.1 Å². The summed E-state index contributed by atoms with van der Waals surface area (Å²) in [5.41, 5.74) is 0.985. The third-order valence-electron chi connectivity index (χ3n) is 8.05. The standard InChI is InChI=1S/C34H28F2N2O5S/c1-20(21-6-3-2-4-7-21)43-33(41)38-29-24-8-5-15-37-31(24)44-30(29)26-19-27(35)25(18-28(26)36)22-9-11-23(12-10-22)34(32(39)40)13-16-42-17-14-34/h2-12,15,18-20H,13-14,16-17H2,1H3,(H,38,41)(H,39,40)/t20-/m1/s1. The first kappa shape index (κ1) is 29.4. The molecule has 1 aliphatic heterocycles. The third kappa shape index (κ3) is 5.54. The molecule has 0 saturated carbocycles. The number of carboxylic acid groups (broad SMARTS) is 1. The maximum Gasteiger partial charge on any atom is 0.412 e. The first-order chi connectivity index (χ1) is 21.3. The fourth-order valence-corrected chi connectivity index (χ4v) is 6.70. The summed E-state index contributed by atoms with van der Waals surface area (Å²) in [6, 6.07) is 21.4. The number of fused-ring (bicyclic) bond motifs is 1. The Bertz CT molecular complexity index is 1840. The van der Waals surface area contributed by atoms with Gasteiger partial charge in [-0.05, 0) is 60.7 Å². The molecule has 6 rings (SSSR count). The van der Waals surface area contributed by atoms with E-state index in [0.717, 1.165) is 29.0 Å². The zero-order valence-corrected chi connectivity index (χ0v) is 24.5. The summed E-state index contributed by atoms with van der Waals surface area (Å²) in [6.45, 7) is 2.42. The summed E-state index contributed by atoms with van der Waals surface area (Å²) >= 11 is 1.12. The molecule has 1 fully saturated rings. The van der Waals surface area contributed by atoms with E-state index in [-0.39, 0.29) is 16.8 Å². The lowest BCUT2D eigenvalue weighted by atomic mass is 9.74. The summed E-state index contributed by atoms with van der Waals surface area (Å²) in [7, 11) is 0. The number of hydrogen-bond acceptors (Lipinski definition) is 6. The summed E-state index contributed by atoms with van der Waals surface area (Å²) in [6.07, 6.45) is 0.962. The Morgan fingerprint density at radius 1 is 0.977 bits per heavy atom. The molecule has 2 aromatic heterocycles. The van der Waals surface area contributed by atoms with Crippen LogP contribution in [-0.4, -0.2) is 35.4 Å². The van der Waals surface area contributed by atoms with E-state index in [0.29, 0.717) is 52.3 Å². The van der Waals surface area contributed by atoms with Gasteiger partial charge in [-0.15, -0.1) is 11.3 Å². The van der Waals surface area contributed by atoms with Gasteiger partial charge in [0.05, 0.1) is 16.0 Å². The van der Waals surface area contributed by atoms with Crippen LogP contribution in [0, 0.1) is 11.6 Å². The fourth-order valence-electron chi connectivity index (χ4n) is 5.59. The number of nitrogens with one attached hydrogen (secondary N) is 1. The van der Waals surface area contributed by atoms with Gasteiger partial charge in [0.25, 0.3) is 0 Å². The van der Waals surface area contributed by atoms with Crippen LogP contribution in [0.4, 0.5) is 19.3 Å². The Labute approximate surface area is 256 Å². The lowest BCUT2D eigenvalue weighted by Crippen LogP contribution is -2.41. The number of benzene rings is 3. The molecule has 5 aromatic rings. The average molecular weight is 615 g/mol. The van der Waals surface area contributed by atoms with E-state index >= 15 is 8.78 Å². The molecule has 2 N–H and O–H groups in total. The fraction of sp³-hybridized carbons (Fsp3) is 0.206. The molecule has 1 amide bonds. The van der Waals surface area contributed by atoms with Crippen LogP contribution in [0.2, 0.25) is 0 Å². The molecule has 0 aliphatic carbocycles. The minimum absolute atomic E-state index is 0.0268. The van der Waals surface area contributed by atoms with E-state index in [1.165, 1.54) is 0 Å². The van der Waals surface area contributed by atoms with Crippen molar-refractivity contribution in [2.24, 2.45) is 0 Å². The van der Waals surface area contributed by atoms with Gasteiger partial charge >= 0.3 is 12.1 Å². The number of ether oxygens (including phenoxy) is 2. The number of aromatic nitrogens is 1. The molecular formula is C34H28F2N2O5S. The number of aliphatic carboxylic acids is 1. The Balaban J connectivity index is 1.32. The van der Waals surface area contributed by atoms with Gasteiger partial charge in [0.2, 0.25) is 0 Å². The molecule has 3 heterocycles. The van der Waals surface area contributed by atoms with Gasteiger partial charge in [0.15, 0.2) is 0 Å². The van der Waals surface area contributed by atoms with Gasteiger partial charge in [-0.1, -0.05) is 54.6 Å². The van der Waals surface area contributed by atoms with Gasteiger partial charge in [-0.2, -0.15) is 0 Å². The van der Waals surface area contributed by atoms with Crippen molar-refractivity contribution in [2.75, 3.05) is 18.5 Å². The Morgan fingerprint density at radius 3 is 2.36 bits per heavy atom. The van der Waals surface area contributed by atoms with Crippen molar-refractivity contribution in [2.45, 2.75) is 31.3 Å². The first-order valence-electron chi connectivity index (χ1n) is 14.1. The van der Waals surface area contributed by atoms with Crippen molar-refractivity contribution in [1.29, 1.82) is 0 Å². The lowest BCUT2D eigenvalue weighted by Gasteiger charge is -2.33. The molecule has 44 heavy (non-hydrogen) atoms. The minimum atomic E-state index is -1.08. The number of pyridine rings is 1. The highest BCUT2D eigenvalue weighted by Gasteiger charge is 2.41. The zero-order valence-electron chi connectivity index (χ0n) is 23.7. The number of nitrogens with zero attached hydrogens (tertiary/aromatic N) is 1. The minimum Gasteiger partial charge on any atom is -0.481 e. The van der Waals surface area contributed by atoms with Crippen molar-refractivity contribution in [3.05, 3.63) is 108 Å². The van der Waals surface area contributed by atoms with Gasteiger partial charge in [-0.3, -0.25) is 10.1 Å². The number of anilines is 1. The van der Waals surface area contributed by atoms with Gasteiger partial charge in [0, 0.05) is 35.9 Å². The van der Waals surface area contributed by atoms with Crippen molar-refractivity contribution >= 4 is 39.3 Å². The second kappa shape index (κ2) is 12.1. The molecule has 0 bridgehead atoms. The third-order valence-corrected chi connectivity index (χ3v) is 9.20. The van der Waals surface area contributed by atoms with Gasteiger partial charge in [-0.25, -0.2) is 18.6 Å². The molecule has 10 heteroatoms. The van der Waals surface area contributed by atoms with E-state index in [2.05, 4.69) is 10.3 Å². The normalized spacial score (nSPS) is 15.1. The highest BCUT2D eigenvalue weighted by atomic mass is 32.1. The molecule has 1 saturated heterocycles. The summed E-state index contributed by atoms with van der Waals surface area (Å²) in [5, 5.41) is 13.3. The highest BCUT2D eigenvalue weighted by Crippen LogP contribution is 2.44. The van der Waals surface area contributed by atoms with E-state index < -0.39 is 35.2 Å². The quantitative estimate of drug-likeness (QED) is 0.191. The lowest BCUT2D eigenvalue weighted by molar-refractivity contribution is -0.147. The largest absolute Gasteiger partial charge is 0.481 e. The molecule has 1 atom stereocenters. The summed E-state index contributed by atoms with van der Waals surface area (Å²) < 4.78 is 42.4. The maximum absolute atomic E-state index is 15.8. The van der Waals surface area contributed by atoms with Crippen LogP contribution in [0.5, 0.6) is 0 Å². The molecule has 0 radical (unpaired) electrons. The smallest absolute Gasteiger partial charge is 0.412 e. The van der Waals surface area contributed by atoms with E-state index in [9.17, 15) is 14.7 Å². The molecule has 7 nitrogen and oxygen atoms in total. The molecular weight excluding hydrogens is 586 g/mol. The number of amides is 1. The zero-order chi connectivity index (χ0) is 30.8. The summed E-state index contributed by atoms with van der Waals surface area (Å²) in [5.74, 6) is -2.31. The monoisotopic (exact) mass is 614 g/mol. The number of rotatable bonds is 7. The van der Waals surface area contributed by atoms with Crippen LogP contribution in [-0.2, 0) is 19.7 Å².